The summed E-state index contributed by atoms with van der Waals surface area (Å²) in [6, 6.07) is 7.46. The van der Waals surface area contributed by atoms with E-state index >= 15 is 0 Å². The number of hydrogen-bond acceptors (Lipinski definition) is 1. The van der Waals surface area contributed by atoms with E-state index in [1.807, 2.05) is 31.2 Å². The lowest BCUT2D eigenvalue weighted by Gasteiger charge is -2.00. The average Bonchev–Trinajstić information content (AvgIpc) is 2.49. The molecule has 0 saturated heterocycles. The highest BCUT2D eigenvalue weighted by molar-refractivity contribution is 6.36. The van der Waals surface area contributed by atoms with Gasteiger partial charge in [0.2, 0.25) is 0 Å². The first-order valence-corrected chi connectivity index (χ1v) is 4.94. The third-order valence-electron chi connectivity index (χ3n) is 2.02. The molecule has 1 aromatic carbocycles. The molecular weight excluding hydrogens is 219 g/mol. The van der Waals surface area contributed by atoms with Crippen LogP contribution in [0.15, 0.2) is 34.9 Å². The largest absolute Gasteiger partial charge is 0.462 e. The Morgan fingerprint density at radius 2 is 1.86 bits per heavy atom. The van der Waals surface area contributed by atoms with Gasteiger partial charge in [0.25, 0.3) is 0 Å². The molecule has 1 aromatic heterocycles. The third-order valence-corrected chi connectivity index (χ3v) is 2.82. The molecule has 0 bridgehead atoms. The van der Waals surface area contributed by atoms with Gasteiger partial charge in [0, 0.05) is 11.1 Å². The maximum Gasteiger partial charge on any atom is 0.154 e. The normalized spacial score (nSPS) is 10.5. The lowest BCUT2D eigenvalue weighted by atomic mass is 10.1. The number of halogens is 2. The molecule has 0 aliphatic carbocycles. The number of aryl methyl sites for hydroxylation is 1. The Morgan fingerprint density at radius 1 is 1.14 bits per heavy atom. The summed E-state index contributed by atoms with van der Waals surface area (Å²) in [7, 11) is 0. The molecule has 0 spiro atoms. The molecule has 0 atom stereocenters. The Labute approximate surface area is 92.3 Å². The van der Waals surface area contributed by atoms with E-state index in [1.54, 1.807) is 6.26 Å². The van der Waals surface area contributed by atoms with Crippen LogP contribution in [0.2, 0.25) is 10.0 Å². The zero-order chi connectivity index (χ0) is 10.1. The second-order valence-electron chi connectivity index (χ2n) is 3.04. The summed E-state index contributed by atoms with van der Waals surface area (Å²) in [5, 5.41) is 1.27. The molecule has 0 aliphatic heterocycles. The van der Waals surface area contributed by atoms with Gasteiger partial charge < -0.3 is 4.42 Å². The molecule has 0 saturated carbocycles. The van der Waals surface area contributed by atoms with Crippen LogP contribution in [-0.4, -0.2) is 0 Å². The first kappa shape index (κ1) is 9.63. The molecular formula is C11H8Cl2O. The quantitative estimate of drug-likeness (QED) is 0.695. The van der Waals surface area contributed by atoms with E-state index in [2.05, 4.69) is 0 Å². The van der Waals surface area contributed by atoms with Gasteiger partial charge in [0.05, 0.1) is 16.3 Å². The lowest BCUT2D eigenvalue weighted by Crippen LogP contribution is -1.76. The van der Waals surface area contributed by atoms with Crippen LogP contribution in [0.4, 0.5) is 0 Å². The van der Waals surface area contributed by atoms with Gasteiger partial charge in [-0.25, -0.2) is 0 Å². The second kappa shape index (κ2) is 3.68. The minimum Gasteiger partial charge on any atom is -0.462 e. The predicted molar refractivity (Wildman–Crippen MR) is 58.9 cm³/mol. The molecule has 0 amide bonds. The van der Waals surface area contributed by atoms with E-state index in [0.717, 1.165) is 11.1 Å². The van der Waals surface area contributed by atoms with E-state index in [-0.39, 0.29) is 0 Å². The topological polar surface area (TPSA) is 13.1 Å². The fourth-order valence-electron chi connectivity index (χ4n) is 1.26. The van der Waals surface area contributed by atoms with Gasteiger partial charge >= 0.3 is 0 Å². The van der Waals surface area contributed by atoms with Crippen LogP contribution in [0.5, 0.6) is 0 Å². The first-order valence-electron chi connectivity index (χ1n) is 4.18. The molecule has 0 fully saturated rings. The van der Waals surface area contributed by atoms with Gasteiger partial charge in [-0.05, 0) is 19.1 Å². The molecule has 1 nitrogen and oxygen atoms in total. The monoisotopic (exact) mass is 226 g/mol. The molecule has 1 heterocycles. The van der Waals surface area contributed by atoms with Crippen molar-refractivity contribution in [2.75, 3.05) is 0 Å². The number of furan rings is 1. The minimum absolute atomic E-state index is 0.623. The van der Waals surface area contributed by atoms with Gasteiger partial charge in [-0.1, -0.05) is 35.3 Å². The van der Waals surface area contributed by atoms with Gasteiger partial charge in [-0.3, -0.25) is 0 Å². The van der Waals surface area contributed by atoms with Crippen LogP contribution < -0.4 is 0 Å². The van der Waals surface area contributed by atoms with Crippen molar-refractivity contribution in [3.05, 3.63) is 46.1 Å². The van der Waals surface area contributed by atoms with Gasteiger partial charge in [0.1, 0.15) is 0 Å². The molecule has 2 rings (SSSR count). The maximum absolute atomic E-state index is 6.06. The van der Waals surface area contributed by atoms with Crippen molar-refractivity contribution in [3.63, 3.8) is 0 Å². The average molecular weight is 227 g/mol. The molecule has 0 radical (unpaired) electrons. The van der Waals surface area contributed by atoms with Gasteiger partial charge in [0.15, 0.2) is 5.76 Å². The van der Waals surface area contributed by atoms with Gasteiger partial charge in [-0.2, -0.15) is 0 Å². The Bertz CT molecular complexity index is 460. The Morgan fingerprint density at radius 3 is 2.43 bits per heavy atom. The van der Waals surface area contributed by atoms with Crippen LogP contribution in [0.25, 0.3) is 11.3 Å². The third kappa shape index (κ3) is 1.54. The maximum atomic E-state index is 6.06. The predicted octanol–water partition coefficient (Wildman–Crippen LogP) is 4.56. The van der Waals surface area contributed by atoms with Crippen molar-refractivity contribution in [1.82, 2.24) is 0 Å². The molecule has 0 unspecified atom stereocenters. The fraction of sp³-hybridized carbons (Fsp3) is 0.0909. The summed E-state index contributed by atoms with van der Waals surface area (Å²) >= 11 is 12.1. The zero-order valence-corrected chi connectivity index (χ0v) is 9.06. The van der Waals surface area contributed by atoms with Crippen LogP contribution >= 0.6 is 23.2 Å². The molecule has 3 heteroatoms. The summed E-state index contributed by atoms with van der Waals surface area (Å²) in [5.74, 6) is 0.634. The highest BCUT2D eigenvalue weighted by Gasteiger charge is 2.12. The Kier molecular flexibility index (Phi) is 2.53. The molecule has 72 valence electrons. The van der Waals surface area contributed by atoms with E-state index in [1.165, 1.54) is 0 Å². The Balaban J connectivity index is 2.60. The fourth-order valence-corrected chi connectivity index (χ4v) is 1.67. The molecule has 14 heavy (non-hydrogen) atoms. The van der Waals surface area contributed by atoms with E-state index < -0.39 is 0 Å². The van der Waals surface area contributed by atoms with Gasteiger partial charge in [-0.15, -0.1) is 0 Å². The second-order valence-corrected chi connectivity index (χ2v) is 3.83. The van der Waals surface area contributed by atoms with Crippen LogP contribution in [0, 0.1) is 6.92 Å². The standard InChI is InChI=1S/C11H8Cl2O/c1-7-6-14-11(10(7)13)8-4-2-3-5-9(8)12/h2-6H,1H3. The summed E-state index contributed by atoms with van der Waals surface area (Å²) in [5.41, 5.74) is 1.74. The summed E-state index contributed by atoms with van der Waals surface area (Å²) < 4.78 is 5.35. The van der Waals surface area contributed by atoms with E-state index in [0.29, 0.717) is 15.8 Å². The minimum atomic E-state index is 0.623. The Hall–Kier alpha value is -0.920. The molecule has 0 aliphatic rings. The SMILES string of the molecule is Cc1coc(-c2ccccc2Cl)c1Cl. The van der Waals surface area contributed by atoms with Crippen molar-refractivity contribution in [1.29, 1.82) is 0 Å². The van der Waals surface area contributed by atoms with Crippen molar-refractivity contribution in [2.24, 2.45) is 0 Å². The smallest absolute Gasteiger partial charge is 0.154 e. The summed E-state index contributed by atoms with van der Waals surface area (Å²) in [4.78, 5) is 0. The number of hydrogen-bond donors (Lipinski definition) is 0. The van der Waals surface area contributed by atoms with E-state index in [9.17, 15) is 0 Å². The lowest BCUT2D eigenvalue weighted by molar-refractivity contribution is 0.580. The van der Waals surface area contributed by atoms with Crippen LogP contribution in [-0.2, 0) is 0 Å². The first-order chi connectivity index (χ1) is 6.70. The number of benzene rings is 1. The van der Waals surface area contributed by atoms with Crippen LogP contribution in [0.3, 0.4) is 0 Å². The summed E-state index contributed by atoms with van der Waals surface area (Å²) in [6.45, 7) is 1.90. The molecule has 2 aromatic rings. The highest BCUT2D eigenvalue weighted by Crippen LogP contribution is 2.35. The van der Waals surface area contributed by atoms with E-state index in [4.69, 9.17) is 27.6 Å². The van der Waals surface area contributed by atoms with Crippen molar-refractivity contribution >= 4 is 23.2 Å². The van der Waals surface area contributed by atoms with Crippen molar-refractivity contribution < 1.29 is 4.42 Å². The van der Waals surface area contributed by atoms with Crippen LogP contribution in [0.1, 0.15) is 5.56 Å². The zero-order valence-electron chi connectivity index (χ0n) is 7.55. The highest BCUT2D eigenvalue weighted by atomic mass is 35.5. The number of rotatable bonds is 1. The molecule has 0 N–H and O–H groups in total. The summed E-state index contributed by atoms with van der Waals surface area (Å²) in [6.07, 6.45) is 1.63. The van der Waals surface area contributed by atoms with Crippen molar-refractivity contribution in [3.8, 4) is 11.3 Å². The van der Waals surface area contributed by atoms with Crippen molar-refractivity contribution in [2.45, 2.75) is 6.92 Å².